The third-order valence-corrected chi connectivity index (χ3v) is 5.29. The van der Waals surface area contributed by atoms with Gasteiger partial charge in [-0.1, -0.05) is 0 Å². The highest BCUT2D eigenvalue weighted by atomic mass is 19.1. The summed E-state index contributed by atoms with van der Waals surface area (Å²) in [5, 5.41) is 15.6. The molecule has 4 rings (SSSR count). The van der Waals surface area contributed by atoms with Crippen LogP contribution in [0, 0.1) is 11.6 Å². The third-order valence-electron chi connectivity index (χ3n) is 5.29. The molecule has 2 unspecified atom stereocenters. The van der Waals surface area contributed by atoms with E-state index in [0.717, 1.165) is 6.07 Å². The van der Waals surface area contributed by atoms with Crippen LogP contribution in [0.1, 0.15) is 28.8 Å². The van der Waals surface area contributed by atoms with Crippen LogP contribution < -0.4 is 15.5 Å². The van der Waals surface area contributed by atoms with E-state index in [9.17, 15) is 19.1 Å². The number of piperazine rings is 1. The molecule has 3 heterocycles. The standard InChI is InChI=1S/C17H20F2N4O3/c18-11-7-9-10(14(19)15(11)22-5-3-20-4-6-22)8-23(17(9)26)12-1-2-13(24)21-16(12)25/h7,12,16,20,25H,1-6,8H2,(H,21,24). The zero-order chi connectivity index (χ0) is 18.4. The number of benzene rings is 1. The van der Waals surface area contributed by atoms with E-state index < -0.39 is 29.8 Å². The first-order valence-electron chi connectivity index (χ1n) is 8.72. The Morgan fingerprint density at radius 3 is 2.62 bits per heavy atom. The molecule has 2 fully saturated rings. The lowest BCUT2D eigenvalue weighted by molar-refractivity contribution is -0.129. The van der Waals surface area contributed by atoms with Crippen LogP contribution in [0.2, 0.25) is 0 Å². The minimum atomic E-state index is -1.21. The van der Waals surface area contributed by atoms with E-state index in [-0.39, 0.29) is 42.1 Å². The largest absolute Gasteiger partial charge is 0.372 e. The van der Waals surface area contributed by atoms with Crippen molar-refractivity contribution in [3.63, 3.8) is 0 Å². The van der Waals surface area contributed by atoms with Gasteiger partial charge in [0.15, 0.2) is 5.82 Å². The van der Waals surface area contributed by atoms with Gasteiger partial charge in [-0.05, 0) is 12.5 Å². The van der Waals surface area contributed by atoms with Crippen molar-refractivity contribution in [1.82, 2.24) is 15.5 Å². The first-order chi connectivity index (χ1) is 12.5. The molecule has 140 valence electrons. The summed E-state index contributed by atoms with van der Waals surface area (Å²) in [5.41, 5.74) is 0.0365. The van der Waals surface area contributed by atoms with Gasteiger partial charge in [-0.15, -0.1) is 0 Å². The van der Waals surface area contributed by atoms with Crippen LogP contribution in [-0.2, 0) is 11.3 Å². The molecular weight excluding hydrogens is 346 g/mol. The molecule has 2 atom stereocenters. The maximum Gasteiger partial charge on any atom is 0.255 e. The highest BCUT2D eigenvalue weighted by Gasteiger charge is 2.41. The van der Waals surface area contributed by atoms with Crippen molar-refractivity contribution in [2.45, 2.75) is 31.7 Å². The molecule has 3 aliphatic heterocycles. The van der Waals surface area contributed by atoms with E-state index in [1.54, 1.807) is 4.90 Å². The number of nitrogens with one attached hydrogen (secondary N) is 2. The molecule has 9 heteroatoms. The van der Waals surface area contributed by atoms with Crippen molar-refractivity contribution in [2.75, 3.05) is 31.1 Å². The number of amides is 2. The molecule has 7 nitrogen and oxygen atoms in total. The molecule has 0 spiro atoms. The fraction of sp³-hybridized carbons (Fsp3) is 0.529. The molecule has 3 N–H and O–H groups in total. The van der Waals surface area contributed by atoms with E-state index in [4.69, 9.17) is 0 Å². The number of piperidine rings is 1. The zero-order valence-corrected chi connectivity index (χ0v) is 14.1. The number of hydrogen-bond donors (Lipinski definition) is 3. The topological polar surface area (TPSA) is 84.9 Å². The van der Waals surface area contributed by atoms with Crippen molar-refractivity contribution in [3.8, 4) is 0 Å². The van der Waals surface area contributed by atoms with Gasteiger partial charge < -0.3 is 25.5 Å². The summed E-state index contributed by atoms with van der Waals surface area (Å²) < 4.78 is 29.7. The zero-order valence-electron chi connectivity index (χ0n) is 14.1. The van der Waals surface area contributed by atoms with Crippen LogP contribution in [-0.4, -0.2) is 60.3 Å². The van der Waals surface area contributed by atoms with Gasteiger partial charge in [-0.25, -0.2) is 8.78 Å². The minimum absolute atomic E-state index is 0.0111. The van der Waals surface area contributed by atoms with Crippen molar-refractivity contribution in [2.24, 2.45) is 0 Å². The van der Waals surface area contributed by atoms with E-state index in [2.05, 4.69) is 10.6 Å². The summed E-state index contributed by atoms with van der Waals surface area (Å²) in [6.45, 7) is 2.19. The summed E-state index contributed by atoms with van der Waals surface area (Å²) in [7, 11) is 0. The normalized spacial score (nSPS) is 26.1. The predicted octanol–water partition coefficient (Wildman–Crippen LogP) is -0.0728. The van der Waals surface area contributed by atoms with Crippen molar-refractivity contribution < 1.29 is 23.5 Å². The van der Waals surface area contributed by atoms with Crippen LogP contribution >= 0.6 is 0 Å². The second-order valence-electron chi connectivity index (χ2n) is 6.84. The summed E-state index contributed by atoms with van der Waals surface area (Å²) in [4.78, 5) is 27.0. The second-order valence-corrected chi connectivity index (χ2v) is 6.84. The van der Waals surface area contributed by atoms with Crippen LogP contribution in [0.25, 0.3) is 0 Å². The lowest BCUT2D eigenvalue weighted by Crippen LogP contribution is -2.55. The number of hydrogen-bond acceptors (Lipinski definition) is 5. The Labute approximate surface area is 148 Å². The third kappa shape index (κ3) is 2.71. The van der Waals surface area contributed by atoms with E-state index in [1.807, 2.05) is 0 Å². The first kappa shape index (κ1) is 17.2. The van der Waals surface area contributed by atoms with Gasteiger partial charge in [0.25, 0.3) is 5.91 Å². The fourth-order valence-corrected chi connectivity index (χ4v) is 3.93. The smallest absolute Gasteiger partial charge is 0.255 e. The van der Waals surface area contributed by atoms with Gasteiger partial charge >= 0.3 is 0 Å². The highest BCUT2D eigenvalue weighted by molar-refractivity contribution is 5.99. The number of halogens is 2. The number of fused-ring (bicyclic) bond motifs is 1. The van der Waals surface area contributed by atoms with E-state index in [0.29, 0.717) is 26.2 Å². The number of carbonyl (C=O) groups excluding carboxylic acids is 2. The maximum absolute atomic E-state index is 15.1. The molecular formula is C17H20F2N4O3. The molecule has 3 aliphatic rings. The number of rotatable bonds is 2. The van der Waals surface area contributed by atoms with Gasteiger partial charge in [0.2, 0.25) is 5.91 Å². The number of nitrogens with zero attached hydrogens (tertiary/aromatic N) is 2. The van der Waals surface area contributed by atoms with Gasteiger partial charge in [-0.2, -0.15) is 0 Å². The molecule has 0 bridgehead atoms. The SMILES string of the molecule is O=C1CCC(N2Cc3c(cc(F)c(N4CCNCC4)c3F)C2=O)C(O)N1. The second kappa shape index (κ2) is 6.48. The fourth-order valence-electron chi connectivity index (χ4n) is 3.93. The van der Waals surface area contributed by atoms with E-state index >= 15 is 4.39 Å². The Morgan fingerprint density at radius 2 is 1.92 bits per heavy atom. The molecule has 2 saturated heterocycles. The first-order valence-corrected chi connectivity index (χ1v) is 8.72. The van der Waals surface area contributed by atoms with Gasteiger partial charge in [0.1, 0.15) is 17.7 Å². The number of aliphatic hydroxyl groups excluding tert-OH is 1. The highest BCUT2D eigenvalue weighted by Crippen LogP contribution is 2.36. The van der Waals surface area contributed by atoms with Crippen LogP contribution in [0.15, 0.2) is 6.07 Å². The van der Waals surface area contributed by atoms with E-state index in [1.165, 1.54) is 4.90 Å². The number of anilines is 1. The van der Waals surface area contributed by atoms with Crippen molar-refractivity contribution in [3.05, 3.63) is 28.8 Å². The average Bonchev–Trinajstić information content (AvgIpc) is 2.93. The number of aliphatic hydroxyl groups is 1. The van der Waals surface area contributed by atoms with Crippen molar-refractivity contribution >= 4 is 17.5 Å². The van der Waals surface area contributed by atoms with Crippen LogP contribution in [0.5, 0.6) is 0 Å². The molecule has 1 aromatic carbocycles. The monoisotopic (exact) mass is 366 g/mol. The van der Waals surface area contributed by atoms with Gasteiger partial charge in [0, 0.05) is 38.2 Å². The average molecular weight is 366 g/mol. The Balaban J connectivity index is 1.65. The molecule has 26 heavy (non-hydrogen) atoms. The summed E-state index contributed by atoms with van der Waals surface area (Å²) in [6, 6.07) is 0.434. The Morgan fingerprint density at radius 1 is 1.19 bits per heavy atom. The number of carbonyl (C=O) groups is 2. The summed E-state index contributed by atoms with van der Waals surface area (Å²) in [6.07, 6.45) is -0.762. The summed E-state index contributed by atoms with van der Waals surface area (Å²) >= 11 is 0. The molecule has 0 aliphatic carbocycles. The predicted molar refractivity (Wildman–Crippen MR) is 88.5 cm³/mol. The lowest BCUT2D eigenvalue weighted by atomic mass is 10.0. The Kier molecular flexibility index (Phi) is 4.28. The van der Waals surface area contributed by atoms with Gasteiger partial charge in [0.05, 0.1) is 18.2 Å². The molecule has 0 saturated carbocycles. The minimum Gasteiger partial charge on any atom is -0.372 e. The van der Waals surface area contributed by atoms with Crippen LogP contribution in [0.4, 0.5) is 14.5 Å². The maximum atomic E-state index is 15.1. The lowest BCUT2D eigenvalue weighted by Gasteiger charge is -2.35. The summed E-state index contributed by atoms with van der Waals surface area (Å²) in [5.74, 6) is -2.29. The Bertz CT molecular complexity index is 767. The molecule has 2 amide bonds. The van der Waals surface area contributed by atoms with Gasteiger partial charge in [-0.3, -0.25) is 9.59 Å². The van der Waals surface area contributed by atoms with Crippen molar-refractivity contribution in [1.29, 1.82) is 0 Å². The molecule has 0 radical (unpaired) electrons. The Hall–Kier alpha value is -2.26. The quantitative estimate of drug-likeness (QED) is 0.682. The van der Waals surface area contributed by atoms with Crippen LogP contribution in [0.3, 0.4) is 0 Å². The molecule has 1 aromatic rings. The molecule has 0 aromatic heterocycles.